The minimum atomic E-state index is 0.0213. The lowest BCUT2D eigenvalue weighted by molar-refractivity contribution is -0.123. The summed E-state index contributed by atoms with van der Waals surface area (Å²) in [5, 5.41) is 3.08. The smallest absolute Gasteiger partial charge is 0.257 e. The van der Waals surface area contributed by atoms with Crippen molar-refractivity contribution in [2.75, 3.05) is 32.7 Å². The van der Waals surface area contributed by atoms with Crippen molar-refractivity contribution in [2.24, 2.45) is 0 Å². The Morgan fingerprint density at radius 3 is 2.46 bits per heavy atom. The molecule has 0 saturated carbocycles. The van der Waals surface area contributed by atoms with E-state index in [0.717, 1.165) is 31.7 Å². The number of amides is 2. The summed E-state index contributed by atoms with van der Waals surface area (Å²) in [5.74, 6) is 1.53. The molecule has 2 rings (SSSR count). The zero-order valence-electron chi connectivity index (χ0n) is 16.6. The molecule has 0 spiro atoms. The number of rotatable bonds is 8. The molecule has 1 aliphatic heterocycles. The molecule has 1 aromatic heterocycles. The predicted molar refractivity (Wildman–Crippen MR) is 102 cm³/mol. The minimum absolute atomic E-state index is 0.0213. The number of aryl methyl sites for hydroxylation is 2. The van der Waals surface area contributed by atoms with E-state index >= 15 is 0 Å². The summed E-state index contributed by atoms with van der Waals surface area (Å²) in [6.45, 7) is 11.1. The van der Waals surface area contributed by atoms with E-state index in [1.165, 1.54) is 12.8 Å². The van der Waals surface area contributed by atoms with Crippen molar-refractivity contribution in [1.82, 2.24) is 15.1 Å². The van der Waals surface area contributed by atoms with Crippen molar-refractivity contribution in [2.45, 2.75) is 59.4 Å². The lowest BCUT2D eigenvalue weighted by Gasteiger charge is -2.34. The van der Waals surface area contributed by atoms with E-state index in [1.54, 1.807) is 6.07 Å². The van der Waals surface area contributed by atoms with Crippen LogP contribution >= 0.6 is 0 Å². The van der Waals surface area contributed by atoms with Gasteiger partial charge in [-0.1, -0.05) is 26.2 Å². The summed E-state index contributed by atoms with van der Waals surface area (Å²) in [7, 11) is 0. The van der Waals surface area contributed by atoms with Crippen molar-refractivity contribution in [1.29, 1.82) is 0 Å². The van der Waals surface area contributed by atoms with E-state index in [4.69, 9.17) is 4.42 Å². The molecule has 1 atom stereocenters. The molecule has 1 saturated heterocycles. The third-order valence-electron chi connectivity index (χ3n) is 4.95. The number of hydrogen-bond donors (Lipinski definition) is 1. The van der Waals surface area contributed by atoms with Gasteiger partial charge in [0.15, 0.2) is 0 Å². The summed E-state index contributed by atoms with van der Waals surface area (Å²) in [4.78, 5) is 28.8. The van der Waals surface area contributed by atoms with Gasteiger partial charge in [0.1, 0.15) is 11.5 Å². The molecule has 0 aromatic carbocycles. The van der Waals surface area contributed by atoms with Gasteiger partial charge < -0.3 is 14.6 Å². The number of piperazine rings is 1. The quantitative estimate of drug-likeness (QED) is 0.721. The third kappa shape index (κ3) is 5.87. The molecule has 0 radical (unpaired) electrons. The maximum atomic E-state index is 12.6. The largest absolute Gasteiger partial charge is 0.466 e. The molecular weight excluding hydrogens is 330 g/mol. The predicted octanol–water partition coefficient (Wildman–Crippen LogP) is 2.74. The van der Waals surface area contributed by atoms with Gasteiger partial charge in [-0.2, -0.15) is 0 Å². The molecule has 1 aliphatic rings. The van der Waals surface area contributed by atoms with Crippen LogP contribution < -0.4 is 5.32 Å². The van der Waals surface area contributed by atoms with E-state index in [0.29, 0.717) is 31.0 Å². The van der Waals surface area contributed by atoms with Crippen LogP contribution in [0.5, 0.6) is 0 Å². The maximum Gasteiger partial charge on any atom is 0.257 e. The first-order valence-electron chi connectivity index (χ1n) is 9.78. The van der Waals surface area contributed by atoms with Crippen molar-refractivity contribution in [3.63, 3.8) is 0 Å². The van der Waals surface area contributed by atoms with Crippen molar-refractivity contribution in [3.8, 4) is 0 Å². The molecule has 146 valence electrons. The Bertz CT molecular complexity index is 603. The van der Waals surface area contributed by atoms with Crippen LogP contribution in [0, 0.1) is 13.8 Å². The van der Waals surface area contributed by atoms with Crippen LogP contribution in [-0.2, 0) is 4.79 Å². The molecule has 1 fully saturated rings. The van der Waals surface area contributed by atoms with Crippen LogP contribution in [0.3, 0.4) is 0 Å². The molecule has 2 amide bonds. The number of furan rings is 1. The van der Waals surface area contributed by atoms with Crippen LogP contribution in [0.2, 0.25) is 0 Å². The first-order valence-corrected chi connectivity index (χ1v) is 9.78. The monoisotopic (exact) mass is 363 g/mol. The Labute approximate surface area is 156 Å². The van der Waals surface area contributed by atoms with Gasteiger partial charge in [0.2, 0.25) is 5.91 Å². The highest BCUT2D eigenvalue weighted by Crippen LogP contribution is 2.17. The summed E-state index contributed by atoms with van der Waals surface area (Å²) in [6, 6.07) is 2.03. The van der Waals surface area contributed by atoms with E-state index in [-0.39, 0.29) is 17.9 Å². The van der Waals surface area contributed by atoms with Gasteiger partial charge in [-0.3, -0.25) is 14.5 Å². The van der Waals surface area contributed by atoms with Crippen molar-refractivity contribution in [3.05, 3.63) is 23.2 Å². The summed E-state index contributed by atoms with van der Waals surface area (Å²) < 4.78 is 5.46. The van der Waals surface area contributed by atoms with E-state index < -0.39 is 0 Å². The zero-order chi connectivity index (χ0) is 19.1. The highest BCUT2D eigenvalue weighted by Gasteiger charge is 2.25. The molecule has 0 bridgehead atoms. The molecule has 1 N–H and O–H groups in total. The second kappa shape index (κ2) is 9.76. The zero-order valence-corrected chi connectivity index (χ0v) is 16.6. The number of unbranched alkanes of at least 4 members (excludes halogenated alkanes) is 2. The van der Waals surface area contributed by atoms with Crippen LogP contribution in [0.15, 0.2) is 10.5 Å². The third-order valence-corrected chi connectivity index (χ3v) is 4.95. The van der Waals surface area contributed by atoms with Gasteiger partial charge >= 0.3 is 0 Å². The van der Waals surface area contributed by atoms with Gasteiger partial charge in [0, 0.05) is 32.2 Å². The van der Waals surface area contributed by atoms with Crippen LogP contribution in [0.4, 0.5) is 0 Å². The number of nitrogens with zero attached hydrogens (tertiary/aromatic N) is 2. The number of nitrogens with one attached hydrogen (secondary N) is 1. The lowest BCUT2D eigenvalue weighted by atomic mass is 10.1. The fourth-order valence-electron chi connectivity index (χ4n) is 3.42. The van der Waals surface area contributed by atoms with Crippen molar-refractivity contribution >= 4 is 11.8 Å². The van der Waals surface area contributed by atoms with Crippen LogP contribution in [0.1, 0.15) is 61.4 Å². The number of carbonyl (C=O) groups is 2. The summed E-state index contributed by atoms with van der Waals surface area (Å²) >= 11 is 0. The lowest BCUT2D eigenvalue weighted by Crippen LogP contribution is -2.51. The Balaban J connectivity index is 1.73. The number of hydrogen-bond acceptors (Lipinski definition) is 4. The van der Waals surface area contributed by atoms with Crippen LogP contribution in [-0.4, -0.2) is 60.4 Å². The number of carbonyl (C=O) groups excluding carboxylic acids is 2. The molecule has 1 aromatic rings. The Hall–Kier alpha value is -1.82. The Morgan fingerprint density at radius 1 is 1.19 bits per heavy atom. The topological polar surface area (TPSA) is 65.8 Å². The Kier molecular flexibility index (Phi) is 7.69. The first-order chi connectivity index (χ1) is 12.4. The second-order valence-corrected chi connectivity index (χ2v) is 7.36. The molecule has 6 heteroatoms. The van der Waals surface area contributed by atoms with Crippen molar-refractivity contribution < 1.29 is 14.0 Å². The van der Waals surface area contributed by atoms with E-state index in [1.807, 2.05) is 18.7 Å². The van der Waals surface area contributed by atoms with Gasteiger partial charge in [0.25, 0.3) is 5.91 Å². The normalized spacial score (nSPS) is 16.5. The van der Waals surface area contributed by atoms with Gasteiger partial charge in [-0.25, -0.2) is 0 Å². The SMILES string of the molecule is CCCCCC(C)NC(=O)CN1CCN(C(=O)c2cc(C)oc2C)CC1. The van der Waals surface area contributed by atoms with E-state index in [2.05, 4.69) is 24.1 Å². The van der Waals surface area contributed by atoms with Gasteiger partial charge in [-0.05, 0) is 33.3 Å². The standard InChI is InChI=1S/C20H33N3O3/c1-5-6-7-8-15(2)21-19(24)14-22-9-11-23(12-10-22)20(25)18-13-16(3)26-17(18)4/h13,15H,5-12,14H2,1-4H3,(H,21,24). The summed E-state index contributed by atoms with van der Waals surface area (Å²) in [5.41, 5.74) is 0.648. The van der Waals surface area contributed by atoms with Gasteiger partial charge in [-0.15, -0.1) is 0 Å². The first kappa shape index (κ1) is 20.5. The molecule has 26 heavy (non-hydrogen) atoms. The van der Waals surface area contributed by atoms with E-state index in [9.17, 15) is 9.59 Å². The minimum Gasteiger partial charge on any atom is -0.466 e. The maximum absolute atomic E-state index is 12.6. The fourth-order valence-corrected chi connectivity index (χ4v) is 3.42. The summed E-state index contributed by atoms with van der Waals surface area (Å²) in [6.07, 6.45) is 4.60. The molecule has 1 unspecified atom stereocenters. The van der Waals surface area contributed by atoms with Crippen LogP contribution in [0.25, 0.3) is 0 Å². The van der Waals surface area contributed by atoms with Gasteiger partial charge in [0.05, 0.1) is 12.1 Å². The highest BCUT2D eigenvalue weighted by molar-refractivity contribution is 5.95. The molecular formula is C20H33N3O3. The average molecular weight is 364 g/mol. The second-order valence-electron chi connectivity index (χ2n) is 7.36. The highest BCUT2D eigenvalue weighted by atomic mass is 16.3. The Morgan fingerprint density at radius 2 is 1.88 bits per heavy atom. The molecule has 2 heterocycles. The average Bonchev–Trinajstić information content (AvgIpc) is 2.93. The molecule has 6 nitrogen and oxygen atoms in total. The molecule has 0 aliphatic carbocycles. The fraction of sp³-hybridized carbons (Fsp3) is 0.700.